The second-order valence-corrected chi connectivity index (χ2v) is 4.24. The van der Waals surface area contributed by atoms with Crippen LogP contribution >= 0.6 is 0 Å². The zero-order valence-corrected chi connectivity index (χ0v) is 9.61. The first-order valence-corrected chi connectivity index (χ1v) is 5.62. The van der Waals surface area contributed by atoms with Crippen molar-refractivity contribution in [1.29, 1.82) is 0 Å². The third-order valence-electron chi connectivity index (χ3n) is 2.70. The van der Waals surface area contributed by atoms with Crippen molar-refractivity contribution in [3.05, 3.63) is 23.9 Å². The molecule has 3 nitrogen and oxygen atoms in total. The van der Waals surface area contributed by atoms with Gasteiger partial charge in [0.2, 0.25) is 0 Å². The van der Waals surface area contributed by atoms with E-state index in [0.29, 0.717) is 6.54 Å². The van der Waals surface area contributed by atoms with Crippen molar-refractivity contribution in [3.8, 4) is 12.3 Å². The quantitative estimate of drug-likeness (QED) is 0.753. The van der Waals surface area contributed by atoms with Crippen LogP contribution in [0.15, 0.2) is 18.3 Å². The Morgan fingerprint density at radius 3 is 3.12 bits per heavy atom. The van der Waals surface area contributed by atoms with Crippen LogP contribution in [0.4, 0.5) is 5.82 Å². The average Bonchev–Trinajstić information content (AvgIpc) is 3.11. The minimum Gasteiger partial charge on any atom is -0.349 e. The lowest BCUT2D eigenvalue weighted by Gasteiger charge is -2.15. The summed E-state index contributed by atoms with van der Waals surface area (Å²) in [5.41, 5.74) is 1.26. The molecule has 0 atom stereocenters. The fourth-order valence-electron chi connectivity index (χ4n) is 1.55. The van der Waals surface area contributed by atoms with E-state index < -0.39 is 0 Å². The predicted octanol–water partition coefficient (Wildman–Crippen LogP) is 1.40. The van der Waals surface area contributed by atoms with E-state index in [9.17, 15) is 0 Å². The maximum atomic E-state index is 5.28. The molecular weight excluding hydrogens is 198 g/mol. The molecule has 0 amide bonds. The van der Waals surface area contributed by atoms with Crippen LogP contribution in [0.2, 0.25) is 0 Å². The first-order valence-electron chi connectivity index (χ1n) is 5.62. The van der Waals surface area contributed by atoms with Crippen molar-refractivity contribution in [1.82, 2.24) is 10.3 Å². The minimum absolute atomic E-state index is 0.590. The van der Waals surface area contributed by atoms with E-state index in [1.807, 2.05) is 24.2 Å². The number of nitrogens with one attached hydrogen (secondary N) is 1. The van der Waals surface area contributed by atoms with E-state index in [0.717, 1.165) is 18.4 Å². The predicted molar refractivity (Wildman–Crippen MR) is 66.2 cm³/mol. The molecule has 84 valence electrons. The smallest absolute Gasteiger partial charge is 0.129 e. The standard InChI is InChI=1S/C13H17N3/c1-3-8-16(2)13-9-11(6-7-14-13)10-15-12-4-5-12/h1,6-7,9,12,15H,4-5,8,10H2,2H3. The van der Waals surface area contributed by atoms with E-state index in [4.69, 9.17) is 6.42 Å². The lowest BCUT2D eigenvalue weighted by atomic mass is 10.2. The highest BCUT2D eigenvalue weighted by Gasteiger charge is 2.19. The Labute approximate surface area is 96.9 Å². The Kier molecular flexibility index (Phi) is 3.43. The highest BCUT2D eigenvalue weighted by molar-refractivity contribution is 5.41. The van der Waals surface area contributed by atoms with Gasteiger partial charge in [-0.2, -0.15) is 0 Å². The van der Waals surface area contributed by atoms with Crippen LogP contribution in [0.1, 0.15) is 18.4 Å². The Morgan fingerprint density at radius 1 is 1.62 bits per heavy atom. The molecule has 1 aromatic rings. The van der Waals surface area contributed by atoms with E-state index in [1.165, 1.54) is 18.4 Å². The van der Waals surface area contributed by atoms with Crippen LogP contribution in [0, 0.1) is 12.3 Å². The first-order chi connectivity index (χ1) is 7.79. The number of hydrogen-bond acceptors (Lipinski definition) is 3. The summed E-state index contributed by atoms with van der Waals surface area (Å²) in [5.74, 6) is 3.55. The van der Waals surface area contributed by atoms with Crippen LogP contribution in [0.25, 0.3) is 0 Å². The van der Waals surface area contributed by atoms with Gasteiger partial charge in [0.1, 0.15) is 5.82 Å². The molecule has 1 aliphatic rings. The van der Waals surface area contributed by atoms with Gasteiger partial charge in [-0.1, -0.05) is 5.92 Å². The summed E-state index contributed by atoms with van der Waals surface area (Å²) in [6, 6.07) is 4.87. The minimum atomic E-state index is 0.590. The SMILES string of the molecule is C#CCN(C)c1cc(CNC2CC2)ccn1. The van der Waals surface area contributed by atoms with Crippen LogP contribution in [0.3, 0.4) is 0 Å². The van der Waals surface area contributed by atoms with Crippen molar-refractivity contribution in [2.45, 2.75) is 25.4 Å². The van der Waals surface area contributed by atoms with E-state index in [2.05, 4.69) is 22.3 Å². The van der Waals surface area contributed by atoms with Gasteiger partial charge in [0.15, 0.2) is 0 Å². The van der Waals surface area contributed by atoms with Crippen molar-refractivity contribution in [3.63, 3.8) is 0 Å². The van der Waals surface area contributed by atoms with Gasteiger partial charge in [-0.15, -0.1) is 6.42 Å². The van der Waals surface area contributed by atoms with Crippen molar-refractivity contribution in [2.24, 2.45) is 0 Å². The largest absolute Gasteiger partial charge is 0.349 e. The Morgan fingerprint density at radius 2 is 2.44 bits per heavy atom. The van der Waals surface area contributed by atoms with Crippen LogP contribution in [0.5, 0.6) is 0 Å². The molecule has 1 aromatic heterocycles. The second kappa shape index (κ2) is 5.00. The molecule has 2 rings (SSSR count). The molecule has 16 heavy (non-hydrogen) atoms. The molecule has 0 aliphatic heterocycles. The van der Waals surface area contributed by atoms with Crippen molar-refractivity contribution >= 4 is 5.82 Å². The molecule has 0 bridgehead atoms. The molecule has 0 unspecified atom stereocenters. The van der Waals surface area contributed by atoms with Gasteiger partial charge in [0.25, 0.3) is 0 Å². The molecule has 1 heterocycles. The van der Waals surface area contributed by atoms with Gasteiger partial charge in [-0.05, 0) is 30.5 Å². The summed E-state index contributed by atoms with van der Waals surface area (Å²) >= 11 is 0. The van der Waals surface area contributed by atoms with Gasteiger partial charge in [0.05, 0.1) is 6.54 Å². The van der Waals surface area contributed by atoms with Crippen LogP contribution in [-0.2, 0) is 6.54 Å². The summed E-state index contributed by atoms with van der Waals surface area (Å²) < 4.78 is 0. The number of rotatable bonds is 5. The van der Waals surface area contributed by atoms with Gasteiger partial charge >= 0.3 is 0 Å². The van der Waals surface area contributed by atoms with Gasteiger partial charge in [-0.3, -0.25) is 0 Å². The Bertz CT molecular complexity index is 390. The zero-order chi connectivity index (χ0) is 11.4. The lowest BCUT2D eigenvalue weighted by Crippen LogP contribution is -2.19. The monoisotopic (exact) mass is 215 g/mol. The highest BCUT2D eigenvalue weighted by atomic mass is 15.1. The van der Waals surface area contributed by atoms with Crippen molar-refractivity contribution < 1.29 is 0 Å². The molecule has 0 radical (unpaired) electrons. The maximum absolute atomic E-state index is 5.28. The molecule has 1 N–H and O–H groups in total. The zero-order valence-electron chi connectivity index (χ0n) is 9.61. The fraction of sp³-hybridized carbons (Fsp3) is 0.462. The topological polar surface area (TPSA) is 28.2 Å². The summed E-state index contributed by atoms with van der Waals surface area (Å²) in [5, 5.41) is 3.48. The van der Waals surface area contributed by atoms with E-state index in [-0.39, 0.29) is 0 Å². The summed E-state index contributed by atoms with van der Waals surface area (Å²) in [4.78, 5) is 6.28. The molecule has 3 heteroatoms. The molecule has 0 aromatic carbocycles. The number of pyridine rings is 1. The normalized spacial score (nSPS) is 14.5. The number of anilines is 1. The Balaban J connectivity index is 1.97. The number of hydrogen-bond donors (Lipinski definition) is 1. The summed E-state index contributed by atoms with van der Waals surface area (Å²) in [6.45, 7) is 1.51. The van der Waals surface area contributed by atoms with Gasteiger partial charge < -0.3 is 10.2 Å². The molecule has 1 aliphatic carbocycles. The molecular formula is C13H17N3. The average molecular weight is 215 g/mol. The molecule has 1 saturated carbocycles. The van der Waals surface area contributed by atoms with Crippen LogP contribution in [-0.4, -0.2) is 24.6 Å². The Hall–Kier alpha value is -1.53. The van der Waals surface area contributed by atoms with E-state index in [1.54, 1.807) is 0 Å². The van der Waals surface area contributed by atoms with Crippen LogP contribution < -0.4 is 10.2 Å². The summed E-state index contributed by atoms with van der Waals surface area (Å²) in [7, 11) is 1.96. The number of nitrogens with zero attached hydrogens (tertiary/aromatic N) is 2. The lowest BCUT2D eigenvalue weighted by molar-refractivity contribution is 0.687. The van der Waals surface area contributed by atoms with Gasteiger partial charge in [-0.25, -0.2) is 4.98 Å². The number of terminal acetylenes is 1. The molecule has 0 spiro atoms. The molecule has 0 saturated heterocycles. The summed E-state index contributed by atoms with van der Waals surface area (Å²) in [6.07, 6.45) is 9.75. The van der Waals surface area contributed by atoms with Crippen molar-refractivity contribution in [2.75, 3.05) is 18.5 Å². The number of aromatic nitrogens is 1. The highest BCUT2D eigenvalue weighted by Crippen LogP contribution is 2.19. The first kappa shape index (κ1) is 11.0. The van der Waals surface area contributed by atoms with E-state index >= 15 is 0 Å². The third kappa shape index (κ3) is 2.98. The second-order valence-electron chi connectivity index (χ2n) is 4.24. The fourth-order valence-corrected chi connectivity index (χ4v) is 1.55. The van der Waals surface area contributed by atoms with Gasteiger partial charge in [0, 0.05) is 25.8 Å². The molecule has 1 fully saturated rings. The maximum Gasteiger partial charge on any atom is 0.129 e. The third-order valence-corrected chi connectivity index (χ3v) is 2.70.